The second-order valence-electron chi connectivity index (χ2n) is 8.57. The largest absolute Gasteiger partial charge is 0.496 e. The summed E-state index contributed by atoms with van der Waals surface area (Å²) in [4.78, 5) is 29.4. The zero-order valence-corrected chi connectivity index (χ0v) is 22.7. The summed E-state index contributed by atoms with van der Waals surface area (Å²) in [5.41, 5.74) is 8.59. The van der Waals surface area contributed by atoms with E-state index in [1.165, 1.54) is 23.4 Å². The topological polar surface area (TPSA) is 163 Å². The first-order chi connectivity index (χ1) is 17.4. The molecule has 5 N–H and O–H groups in total. The maximum Gasteiger partial charge on any atom is 0.405 e. The fraction of sp³-hybridized carbons (Fsp3) is 0.375. The van der Waals surface area contributed by atoms with Crippen LogP contribution in [0.3, 0.4) is 0 Å². The van der Waals surface area contributed by atoms with Crippen LogP contribution in [0.5, 0.6) is 5.75 Å². The lowest BCUT2D eigenvalue weighted by Crippen LogP contribution is -2.45. The van der Waals surface area contributed by atoms with Crippen molar-refractivity contribution in [3.8, 4) is 5.75 Å². The molecule has 0 fully saturated rings. The Morgan fingerprint density at radius 1 is 1.24 bits per heavy atom. The average Bonchev–Trinajstić information content (AvgIpc) is 3.26. The summed E-state index contributed by atoms with van der Waals surface area (Å²) >= 11 is 1.27. The molecule has 11 nitrogen and oxygen atoms in total. The van der Waals surface area contributed by atoms with E-state index in [2.05, 4.69) is 15.0 Å². The first-order valence-corrected chi connectivity index (χ1v) is 13.7. The third-order valence-electron chi connectivity index (χ3n) is 5.98. The highest BCUT2D eigenvalue weighted by atomic mass is 32.2. The zero-order chi connectivity index (χ0) is 27.3. The van der Waals surface area contributed by atoms with Gasteiger partial charge < -0.3 is 20.9 Å². The molecule has 0 saturated carbocycles. The van der Waals surface area contributed by atoms with Crippen molar-refractivity contribution in [1.82, 2.24) is 14.3 Å². The average molecular weight is 550 g/mol. The fourth-order valence-electron chi connectivity index (χ4n) is 4.10. The van der Waals surface area contributed by atoms with Crippen LogP contribution in [0.4, 0.5) is 4.79 Å². The molecule has 0 aromatic heterocycles. The smallest absolute Gasteiger partial charge is 0.405 e. The highest BCUT2D eigenvalue weighted by Gasteiger charge is 2.31. The highest BCUT2D eigenvalue weighted by molar-refractivity contribution is 7.97. The van der Waals surface area contributed by atoms with Crippen LogP contribution < -0.4 is 20.5 Å². The van der Waals surface area contributed by atoms with E-state index in [-0.39, 0.29) is 29.7 Å². The van der Waals surface area contributed by atoms with Gasteiger partial charge in [0.2, 0.25) is 5.96 Å². The van der Waals surface area contributed by atoms with Gasteiger partial charge in [0.25, 0.3) is 15.9 Å². The third kappa shape index (κ3) is 6.66. The van der Waals surface area contributed by atoms with Crippen LogP contribution in [0.25, 0.3) is 0 Å². The lowest BCUT2D eigenvalue weighted by molar-refractivity contribution is -0.128. The number of guanidine groups is 1. The number of nitrogens with one attached hydrogen (secondary N) is 2. The van der Waals surface area contributed by atoms with E-state index in [1.807, 2.05) is 24.3 Å². The number of carboxylic acid groups (broad SMARTS) is 1. The first kappa shape index (κ1) is 28.1. The molecule has 37 heavy (non-hydrogen) atoms. The lowest BCUT2D eigenvalue weighted by Gasteiger charge is -2.21. The molecule has 0 unspecified atom stereocenters. The number of aliphatic imine (C=N–C) groups is 1. The number of hydrogen-bond acceptors (Lipinski definition) is 7. The van der Waals surface area contributed by atoms with Crippen LogP contribution in [0, 0.1) is 20.8 Å². The summed E-state index contributed by atoms with van der Waals surface area (Å²) in [7, 11) is -2.48. The predicted octanol–water partition coefficient (Wildman–Crippen LogP) is 2.68. The number of sulfonamides is 1. The van der Waals surface area contributed by atoms with Gasteiger partial charge in [-0.3, -0.25) is 14.1 Å². The van der Waals surface area contributed by atoms with Gasteiger partial charge in [0.15, 0.2) is 0 Å². The van der Waals surface area contributed by atoms with E-state index in [0.29, 0.717) is 35.4 Å². The second-order valence-corrected chi connectivity index (χ2v) is 11.2. The molecule has 0 saturated heterocycles. The Morgan fingerprint density at radius 3 is 2.59 bits per heavy atom. The summed E-state index contributed by atoms with van der Waals surface area (Å²) < 4.78 is 35.1. The van der Waals surface area contributed by atoms with Crippen molar-refractivity contribution < 1.29 is 27.9 Å². The first-order valence-electron chi connectivity index (χ1n) is 11.5. The van der Waals surface area contributed by atoms with Gasteiger partial charge in [0, 0.05) is 11.4 Å². The Kier molecular flexibility index (Phi) is 8.92. The number of carbonyl (C=O) groups excluding carboxylic acids is 1. The SMILES string of the molecule is COc1cc(C)c(S(=O)(=O)NC(N)=NCCC[C@H](NC(=O)O)C(=O)N2Cc3ccccc3S2)c(C)c1C. The number of nitrogens with two attached hydrogens (primary N) is 1. The lowest BCUT2D eigenvalue weighted by atomic mass is 10.1. The Balaban J connectivity index is 1.62. The maximum atomic E-state index is 13.0. The molecule has 1 heterocycles. The van der Waals surface area contributed by atoms with Crippen LogP contribution in [-0.4, -0.2) is 55.5 Å². The Hall–Kier alpha value is -3.45. The van der Waals surface area contributed by atoms with Crippen molar-refractivity contribution in [3.63, 3.8) is 0 Å². The van der Waals surface area contributed by atoms with Gasteiger partial charge >= 0.3 is 6.09 Å². The normalized spacial score (nSPS) is 14.2. The van der Waals surface area contributed by atoms with Gasteiger partial charge in [-0.25, -0.2) is 17.9 Å². The van der Waals surface area contributed by atoms with Crippen molar-refractivity contribution in [3.05, 3.63) is 52.6 Å². The Labute approximate surface area is 220 Å². The number of fused-ring (bicyclic) bond motifs is 1. The minimum absolute atomic E-state index is 0.0897. The number of methoxy groups -OCH3 is 1. The quantitative estimate of drug-likeness (QED) is 0.161. The van der Waals surface area contributed by atoms with Crippen LogP contribution >= 0.6 is 11.9 Å². The number of aryl methyl sites for hydroxylation is 1. The molecule has 2 aromatic rings. The highest BCUT2D eigenvalue weighted by Crippen LogP contribution is 2.36. The predicted molar refractivity (Wildman–Crippen MR) is 141 cm³/mol. The number of nitrogens with zero attached hydrogens (tertiary/aromatic N) is 2. The van der Waals surface area contributed by atoms with Crippen molar-refractivity contribution >= 4 is 39.9 Å². The van der Waals surface area contributed by atoms with Gasteiger partial charge in [-0.2, -0.15) is 0 Å². The molecular formula is C24H31N5O6S2. The summed E-state index contributed by atoms with van der Waals surface area (Å²) in [5, 5.41) is 11.5. The molecule has 0 aliphatic carbocycles. The van der Waals surface area contributed by atoms with E-state index in [4.69, 9.17) is 10.5 Å². The number of hydrogen-bond donors (Lipinski definition) is 4. The maximum absolute atomic E-state index is 13.0. The van der Waals surface area contributed by atoms with Gasteiger partial charge in [0.1, 0.15) is 11.8 Å². The van der Waals surface area contributed by atoms with Crippen molar-refractivity contribution in [2.75, 3.05) is 13.7 Å². The number of ether oxygens (including phenoxy) is 1. The van der Waals surface area contributed by atoms with Crippen molar-refractivity contribution in [1.29, 1.82) is 0 Å². The van der Waals surface area contributed by atoms with Gasteiger partial charge in [-0.15, -0.1) is 0 Å². The summed E-state index contributed by atoms with van der Waals surface area (Å²) in [6, 6.07) is 8.26. The van der Waals surface area contributed by atoms with Crippen LogP contribution in [0.15, 0.2) is 45.1 Å². The van der Waals surface area contributed by atoms with Crippen LogP contribution in [0.2, 0.25) is 0 Å². The van der Waals surface area contributed by atoms with E-state index in [1.54, 1.807) is 26.8 Å². The zero-order valence-electron chi connectivity index (χ0n) is 21.1. The van der Waals surface area contributed by atoms with Crippen molar-refractivity contribution in [2.24, 2.45) is 10.7 Å². The summed E-state index contributed by atoms with van der Waals surface area (Å²) in [5.74, 6) is -0.0696. The summed E-state index contributed by atoms with van der Waals surface area (Å²) in [6.45, 7) is 5.60. The number of carbonyl (C=O) groups is 2. The molecular weight excluding hydrogens is 518 g/mol. The van der Waals surface area contributed by atoms with E-state index in [0.717, 1.165) is 10.5 Å². The molecule has 13 heteroatoms. The molecule has 0 bridgehead atoms. The van der Waals surface area contributed by atoms with Gasteiger partial charge in [0.05, 0.1) is 18.6 Å². The minimum atomic E-state index is -4.00. The van der Waals surface area contributed by atoms with E-state index >= 15 is 0 Å². The minimum Gasteiger partial charge on any atom is -0.496 e. The molecule has 3 rings (SSSR count). The Morgan fingerprint density at radius 2 is 1.95 bits per heavy atom. The molecule has 0 radical (unpaired) electrons. The molecule has 1 aliphatic heterocycles. The Bertz CT molecular complexity index is 1300. The standard InChI is InChI=1S/C24H31N5O6S2/c1-14-12-19(35-4)15(2)16(3)21(14)37(33,34)28-23(25)26-11-7-9-18(27-24(31)32)22(30)29-13-17-8-5-6-10-20(17)36-29/h5-6,8,10,12,18,27H,7,9,11,13H2,1-4H3,(H,31,32)(H3,25,26,28)/t18-/m0/s1. The summed E-state index contributed by atoms with van der Waals surface area (Å²) in [6.07, 6.45) is -0.848. The van der Waals surface area contributed by atoms with Crippen LogP contribution in [-0.2, 0) is 21.4 Å². The van der Waals surface area contributed by atoms with Crippen molar-refractivity contribution in [2.45, 2.75) is 56.0 Å². The van der Waals surface area contributed by atoms with Gasteiger partial charge in [-0.1, -0.05) is 18.2 Å². The van der Waals surface area contributed by atoms with E-state index < -0.39 is 22.2 Å². The van der Waals surface area contributed by atoms with E-state index in [9.17, 15) is 23.1 Å². The fourth-order valence-corrected chi connectivity index (χ4v) is 6.62. The number of amides is 2. The molecule has 2 amide bonds. The molecule has 2 aromatic carbocycles. The molecule has 0 spiro atoms. The second kappa shape index (κ2) is 11.7. The molecule has 1 atom stereocenters. The monoisotopic (exact) mass is 549 g/mol. The van der Waals surface area contributed by atoms with Gasteiger partial charge in [-0.05, 0) is 79.9 Å². The third-order valence-corrected chi connectivity index (χ3v) is 8.74. The molecule has 200 valence electrons. The van der Waals surface area contributed by atoms with Crippen LogP contribution in [0.1, 0.15) is 35.1 Å². The molecule has 1 aliphatic rings. The number of benzene rings is 2. The number of rotatable bonds is 9.